The standard InChI is InChI=1S/C19H17BrN2O4S/c1-10-18(23)22-14-8-12(2-3-16(14)27-10)19(24)21-9-11-6-13(20)17-15(7-11)25-4-5-26-17/h2-3,6-8,10H,4-5,9H2,1H3,(H,21,24)(H,22,23). The zero-order valence-corrected chi connectivity index (χ0v) is 16.9. The summed E-state index contributed by atoms with van der Waals surface area (Å²) < 4.78 is 12.0. The highest BCUT2D eigenvalue weighted by Gasteiger charge is 2.24. The van der Waals surface area contributed by atoms with Crippen molar-refractivity contribution in [3.63, 3.8) is 0 Å². The van der Waals surface area contributed by atoms with E-state index in [9.17, 15) is 9.59 Å². The molecule has 0 aliphatic carbocycles. The summed E-state index contributed by atoms with van der Waals surface area (Å²) in [6.45, 7) is 3.23. The Hall–Kier alpha value is -2.19. The number of fused-ring (bicyclic) bond motifs is 2. The summed E-state index contributed by atoms with van der Waals surface area (Å²) in [6.07, 6.45) is 0. The van der Waals surface area contributed by atoms with Crippen LogP contribution < -0.4 is 20.1 Å². The van der Waals surface area contributed by atoms with Crippen LogP contribution in [-0.2, 0) is 11.3 Å². The molecule has 6 nitrogen and oxygen atoms in total. The van der Waals surface area contributed by atoms with E-state index in [2.05, 4.69) is 26.6 Å². The zero-order valence-electron chi connectivity index (χ0n) is 14.5. The normalized spacial score (nSPS) is 17.7. The number of nitrogens with one attached hydrogen (secondary N) is 2. The molecule has 0 aromatic heterocycles. The van der Waals surface area contributed by atoms with Gasteiger partial charge >= 0.3 is 0 Å². The Morgan fingerprint density at radius 1 is 1.30 bits per heavy atom. The number of carbonyl (C=O) groups excluding carboxylic acids is 2. The number of halogens is 1. The number of rotatable bonds is 3. The minimum atomic E-state index is -0.207. The molecule has 1 atom stereocenters. The van der Waals surface area contributed by atoms with Crippen LogP contribution in [0.5, 0.6) is 11.5 Å². The molecule has 1 unspecified atom stereocenters. The van der Waals surface area contributed by atoms with Gasteiger partial charge in [-0.1, -0.05) is 0 Å². The molecule has 2 N–H and O–H groups in total. The molecule has 140 valence electrons. The average molecular weight is 449 g/mol. The lowest BCUT2D eigenvalue weighted by Crippen LogP contribution is -2.27. The molecule has 0 saturated carbocycles. The lowest BCUT2D eigenvalue weighted by Gasteiger charge is -2.22. The topological polar surface area (TPSA) is 76.7 Å². The maximum absolute atomic E-state index is 12.5. The molecule has 4 rings (SSSR count). The number of amides is 2. The van der Waals surface area contributed by atoms with Crippen LogP contribution in [0, 0.1) is 0 Å². The van der Waals surface area contributed by atoms with Crippen LogP contribution in [0.25, 0.3) is 0 Å². The van der Waals surface area contributed by atoms with Crippen LogP contribution in [0.15, 0.2) is 39.7 Å². The Morgan fingerprint density at radius 3 is 2.96 bits per heavy atom. The third-order valence-corrected chi connectivity index (χ3v) is 6.05. The van der Waals surface area contributed by atoms with Crippen molar-refractivity contribution >= 4 is 45.2 Å². The first-order valence-electron chi connectivity index (χ1n) is 8.49. The fourth-order valence-corrected chi connectivity index (χ4v) is 4.44. The minimum absolute atomic E-state index is 0.0498. The first-order valence-corrected chi connectivity index (χ1v) is 10.2. The highest BCUT2D eigenvalue weighted by Crippen LogP contribution is 2.39. The fourth-order valence-electron chi connectivity index (χ4n) is 2.90. The number of thioether (sulfide) groups is 1. The van der Waals surface area contributed by atoms with Gasteiger partial charge in [0.25, 0.3) is 5.91 Å². The molecular formula is C19H17BrN2O4S. The Balaban J connectivity index is 1.47. The molecule has 0 radical (unpaired) electrons. The van der Waals surface area contributed by atoms with Crippen LogP contribution in [0.1, 0.15) is 22.8 Å². The van der Waals surface area contributed by atoms with Crippen molar-refractivity contribution in [3.05, 3.63) is 45.9 Å². The molecule has 0 fully saturated rings. The van der Waals surface area contributed by atoms with Gasteiger partial charge in [0.05, 0.1) is 15.4 Å². The predicted octanol–water partition coefficient (Wildman–Crippen LogP) is 3.58. The van der Waals surface area contributed by atoms with Gasteiger partial charge in [-0.15, -0.1) is 11.8 Å². The van der Waals surface area contributed by atoms with Crippen LogP contribution >= 0.6 is 27.7 Å². The monoisotopic (exact) mass is 448 g/mol. The second-order valence-corrected chi connectivity index (χ2v) is 8.48. The fraction of sp³-hybridized carbons (Fsp3) is 0.263. The van der Waals surface area contributed by atoms with Gasteiger partial charge in [-0.05, 0) is 58.7 Å². The lowest BCUT2D eigenvalue weighted by atomic mass is 10.1. The van der Waals surface area contributed by atoms with Crippen LogP contribution in [0.4, 0.5) is 5.69 Å². The first kappa shape index (κ1) is 18.2. The van der Waals surface area contributed by atoms with Gasteiger partial charge in [0.15, 0.2) is 11.5 Å². The summed E-state index contributed by atoms with van der Waals surface area (Å²) >= 11 is 4.97. The molecule has 0 saturated heterocycles. The Bertz CT molecular complexity index is 934. The summed E-state index contributed by atoms with van der Waals surface area (Å²) in [5.41, 5.74) is 2.08. The van der Waals surface area contributed by atoms with Crippen molar-refractivity contribution in [2.75, 3.05) is 18.5 Å². The van der Waals surface area contributed by atoms with E-state index in [0.29, 0.717) is 42.5 Å². The molecule has 0 bridgehead atoms. The summed E-state index contributed by atoms with van der Waals surface area (Å²) in [5.74, 6) is 1.10. The molecule has 2 amide bonds. The van der Waals surface area contributed by atoms with Crippen molar-refractivity contribution in [2.24, 2.45) is 0 Å². The van der Waals surface area contributed by atoms with Gasteiger partial charge in [0.2, 0.25) is 5.91 Å². The van der Waals surface area contributed by atoms with Gasteiger partial charge in [0, 0.05) is 17.0 Å². The molecule has 2 aliphatic rings. The van der Waals surface area contributed by atoms with Crippen molar-refractivity contribution in [1.82, 2.24) is 5.32 Å². The largest absolute Gasteiger partial charge is 0.486 e. The number of anilines is 1. The van der Waals surface area contributed by atoms with E-state index in [1.54, 1.807) is 12.1 Å². The zero-order chi connectivity index (χ0) is 19.0. The van der Waals surface area contributed by atoms with Crippen molar-refractivity contribution in [2.45, 2.75) is 23.6 Å². The number of hydrogen-bond acceptors (Lipinski definition) is 5. The van der Waals surface area contributed by atoms with Gasteiger partial charge in [-0.3, -0.25) is 9.59 Å². The summed E-state index contributed by atoms with van der Waals surface area (Å²) in [5, 5.41) is 5.61. The van der Waals surface area contributed by atoms with Crippen molar-refractivity contribution in [1.29, 1.82) is 0 Å². The SMILES string of the molecule is CC1Sc2ccc(C(=O)NCc3cc(Br)c4c(c3)OCCO4)cc2NC1=O. The molecule has 2 aromatic carbocycles. The highest BCUT2D eigenvalue weighted by atomic mass is 79.9. The quantitative estimate of drug-likeness (QED) is 0.749. The second kappa shape index (κ2) is 7.44. The molecular weight excluding hydrogens is 432 g/mol. The van der Waals surface area contributed by atoms with Crippen LogP contribution in [-0.4, -0.2) is 30.3 Å². The van der Waals surface area contributed by atoms with E-state index in [1.807, 2.05) is 25.1 Å². The maximum Gasteiger partial charge on any atom is 0.251 e. The van der Waals surface area contributed by atoms with Gasteiger partial charge in [-0.2, -0.15) is 0 Å². The highest BCUT2D eigenvalue weighted by molar-refractivity contribution is 9.10. The van der Waals surface area contributed by atoms with Crippen molar-refractivity contribution < 1.29 is 19.1 Å². The van der Waals surface area contributed by atoms with E-state index in [4.69, 9.17) is 9.47 Å². The number of hydrogen-bond donors (Lipinski definition) is 2. The molecule has 2 aliphatic heterocycles. The van der Waals surface area contributed by atoms with E-state index >= 15 is 0 Å². The maximum atomic E-state index is 12.5. The molecule has 2 heterocycles. The van der Waals surface area contributed by atoms with Gasteiger partial charge in [-0.25, -0.2) is 0 Å². The third kappa shape index (κ3) is 3.77. The summed E-state index contributed by atoms with van der Waals surface area (Å²) in [4.78, 5) is 25.3. The van der Waals surface area contributed by atoms with E-state index < -0.39 is 0 Å². The van der Waals surface area contributed by atoms with Crippen LogP contribution in [0.3, 0.4) is 0 Å². The van der Waals surface area contributed by atoms with Crippen molar-refractivity contribution in [3.8, 4) is 11.5 Å². The average Bonchev–Trinajstić information content (AvgIpc) is 2.67. The lowest BCUT2D eigenvalue weighted by molar-refractivity contribution is -0.115. The molecule has 8 heteroatoms. The van der Waals surface area contributed by atoms with E-state index in [1.165, 1.54) is 11.8 Å². The predicted molar refractivity (Wildman–Crippen MR) is 107 cm³/mol. The second-order valence-electron chi connectivity index (χ2n) is 6.24. The Morgan fingerprint density at radius 2 is 2.11 bits per heavy atom. The third-order valence-electron chi connectivity index (χ3n) is 4.28. The first-order chi connectivity index (χ1) is 13.0. The van der Waals surface area contributed by atoms with Gasteiger partial charge in [0.1, 0.15) is 13.2 Å². The minimum Gasteiger partial charge on any atom is -0.486 e. The smallest absolute Gasteiger partial charge is 0.251 e. The summed E-state index contributed by atoms with van der Waals surface area (Å²) in [7, 11) is 0. The molecule has 27 heavy (non-hydrogen) atoms. The molecule has 0 spiro atoms. The number of ether oxygens (including phenoxy) is 2. The number of carbonyl (C=O) groups is 2. The van der Waals surface area contributed by atoms with Crippen LogP contribution in [0.2, 0.25) is 0 Å². The van der Waals surface area contributed by atoms with E-state index in [0.717, 1.165) is 14.9 Å². The van der Waals surface area contributed by atoms with E-state index in [-0.39, 0.29) is 17.1 Å². The van der Waals surface area contributed by atoms with Gasteiger partial charge < -0.3 is 20.1 Å². The molecule has 2 aromatic rings. The summed E-state index contributed by atoms with van der Waals surface area (Å²) in [6, 6.07) is 9.11. The Kier molecular flexibility index (Phi) is 5.01. The Labute approximate surface area is 169 Å². The number of benzene rings is 2.